The van der Waals surface area contributed by atoms with Crippen molar-refractivity contribution < 1.29 is 14.1 Å². The Morgan fingerprint density at radius 3 is 2.41 bits per heavy atom. The van der Waals surface area contributed by atoms with Crippen molar-refractivity contribution in [1.29, 1.82) is 0 Å². The number of hydrogen-bond donors (Lipinski definition) is 1. The third-order valence-electron chi connectivity index (χ3n) is 2.40. The first-order valence-corrected chi connectivity index (χ1v) is 6.84. The topological polar surface area (TPSA) is 54.4 Å². The van der Waals surface area contributed by atoms with E-state index in [1.807, 2.05) is 0 Å². The Morgan fingerprint density at radius 1 is 1.29 bits per heavy atom. The van der Waals surface area contributed by atoms with Crippen molar-refractivity contribution in [1.82, 2.24) is 0 Å². The minimum atomic E-state index is -1.24. The highest BCUT2D eigenvalue weighted by atomic mass is 32.2. The molecule has 1 aromatic carbocycles. The summed E-state index contributed by atoms with van der Waals surface area (Å²) in [6, 6.07) is 6.49. The molecule has 0 saturated heterocycles. The van der Waals surface area contributed by atoms with Crippen LogP contribution in [0.5, 0.6) is 0 Å². The lowest BCUT2D eigenvalue weighted by Gasteiger charge is -2.17. The van der Waals surface area contributed by atoms with E-state index in [1.165, 1.54) is 6.07 Å². The average Bonchev–Trinajstić information content (AvgIpc) is 2.25. The molecule has 0 saturated carbocycles. The standard InChI is InChI=1S/C13H18O3S/c1-13(2,3)8-9-17(16)11-7-5-4-6-10(11)12(14)15/h4-7H,8-9H2,1-3H3,(H,14,15). The summed E-state index contributed by atoms with van der Waals surface area (Å²) in [6.07, 6.45) is 0.799. The highest BCUT2D eigenvalue weighted by Crippen LogP contribution is 2.21. The molecule has 0 aliphatic carbocycles. The van der Waals surface area contributed by atoms with E-state index in [0.717, 1.165) is 6.42 Å². The number of benzene rings is 1. The van der Waals surface area contributed by atoms with E-state index in [4.69, 9.17) is 5.11 Å². The number of rotatable bonds is 4. The summed E-state index contributed by atoms with van der Waals surface area (Å²) in [5, 5.41) is 9.01. The van der Waals surface area contributed by atoms with Gasteiger partial charge in [0.25, 0.3) is 0 Å². The summed E-state index contributed by atoms with van der Waals surface area (Å²) in [5.74, 6) is -0.530. The largest absolute Gasteiger partial charge is 0.478 e. The second-order valence-electron chi connectivity index (χ2n) is 5.16. The van der Waals surface area contributed by atoms with E-state index in [-0.39, 0.29) is 11.0 Å². The highest BCUT2D eigenvalue weighted by Gasteiger charge is 2.17. The van der Waals surface area contributed by atoms with Gasteiger partial charge in [0.2, 0.25) is 0 Å². The van der Waals surface area contributed by atoms with Gasteiger partial charge in [0.1, 0.15) is 0 Å². The van der Waals surface area contributed by atoms with Gasteiger partial charge >= 0.3 is 5.97 Å². The van der Waals surface area contributed by atoms with Gasteiger partial charge in [-0.25, -0.2) is 4.79 Å². The van der Waals surface area contributed by atoms with Crippen molar-refractivity contribution in [2.24, 2.45) is 5.41 Å². The molecule has 0 aromatic heterocycles. The van der Waals surface area contributed by atoms with Gasteiger partial charge in [0.15, 0.2) is 0 Å². The molecule has 0 fully saturated rings. The van der Waals surface area contributed by atoms with Gasteiger partial charge in [-0.15, -0.1) is 0 Å². The van der Waals surface area contributed by atoms with Gasteiger partial charge in [-0.1, -0.05) is 32.9 Å². The molecular weight excluding hydrogens is 236 g/mol. The Labute approximate surface area is 104 Å². The fraction of sp³-hybridized carbons (Fsp3) is 0.462. The van der Waals surface area contributed by atoms with Crippen molar-refractivity contribution in [2.45, 2.75) is 32.1 Å². The van der Waals surface area contributed by atoms with Crippen LogP contribution in [0.4, 0.5) is 0 Å². The van der Waals surface area contributed by atoms with Gasteiger partial charge in [-0.05, 0) is 24.0 Å². The summed E-state index contributed by atoms with van der Waals surface area (Å²) in [6.45, 7) is 6.23. The first kappa shape index (κ1) is 13.9. The van der Waals surface area contributed by atoms with Gasteiger partial charge < -0.3 is 5.11 Å². The third kappa shape index (κ3) is 4.30. The maximum Gasteiger partial charge on any atom is 0.336 e. The SMILES string of the molecule is CC(C)(C)CCS(=O)c1ccccc1C(=O)O. The molecule has 94 valence electrons. The van der Waals surface area contributed by atoms with E-state index in [9.17, 15) is 9.00 Å². The second-order valence-corrected chi connectivity index (χ2v) is 6.70. The maximum absolute atomic E-state index is 12.1. The fourth-order valence-electron chi connectivity index (χ4n) is 1.35. The Bertz CT molecular complexity index is 433. The maximum atomic E-state index is 12.1. The van der Waals surface area contributed by atoms with Crippen LogP contribution in [0, 0.1) is 5.41 Å². The Morgan fingerprint density at radius 2 is 1.88 bits per heavy atom. The summed E-state index contributed by atoms with van der Waals surface area (Å²) in [7, 11) is -1.24. The van der Waals surface area contributed by atoms with Crippen molar-refractivity contribution in [3.63, 3.8) is 0 Å². The van der Waals surface area contributed by atoms with Crippen LogP contribution in [0.3, 0.4) is 0 Å². The third-order valence-corrected chi connectivity index (χ3v) is 3.82. The molecule has 1 N–H and O–H groups in total. The molecule has 17 heavy (non-hydrogen) atoms. The van der Waals surface area contributed by atoms with Gasteiger partial charge in [-0.2, -0.15) is 0 Å². The van der Waals surface area contributed by atoms with Crippen molar-refractivity contribution in [2.75, 3.05) is 5.75 Å². The lowest BCUT2D eigenvalue weighted by Crippen LogP contribution is -2.12. The first-order valence-electron chi connectivity index (χ1n) is 5.52. The highest BCUT2D eigenvalue weighted by molar-refractivity contribution is 7.85. The zero-order valence-electron chi connectivity index (χ0n) is 10.4. The molecule has 0 radical (unpaired) electrons. The number of aromatic carboxylic acids is 1. The van der Waals surface area contributed by atoms with Gasteiger partial charge in [0, 0.05) is 5.75 Å². The van der Waals surface area contributed by atoms with E-state index >= 15 is 0 Å². The minimum Gasteiger partial charge on any atom is -0.478 e. The normalized spacial score (nSPS) is 13.4. The fourth-order valence-corrected chi connectivity index (χ4v) is 3.00. The summed E-state index contributed by atoms with van der Waals surface area (Å²) >= 11 is 0. The smallest absolute Gasteiger partial charge is 0.336 e. The number of hydrogen-bond acceptors (Lipinski definition) is 2. The van der Waals surface area contributed by atoms with E-state index in [1.54, 1.807) is 18.2 Å². The number of carbonyl (C=O) groups is 1. The molecule has 1 rings (SSSR count). The van der Waals surface area contributed by atoms with Crippen molar-refractivity contribution in [3.8, 4) is 0 Å². The first-order chi connectivity index (χ1) is 7.81. The molecule has 4 heteroatoms. The summed E-state index contributed by atoms with van der Waals surface area (Å²) < 4.78 is 12.1. The summed E-state index contributed by atoms with van der Waals surface area (Å²) in [5.41, 5.74) is 0.244. The van der Waals surface area contributed by atoms with Crippen LogP contribution in [0.1, 0.15) is 37.6 Å². The Kier molecular flexibility index (Phi) is 4.46. The molecule has 1 atom stereocenters. The number of carboxylic acids is 1. The lowest BCUT2D eigenvalue weighted by molar-refractivity contribution is 0.0693. The zero-order chi connectivity index (χ0) is 13.1. The van der Waals surface area contributed by atoms with Crippen molar-refractivity contribution >= 4 is 16.8 Å². The van der Waals surface area contributed by atoms with Crippen LogP contribution in [-0.4, -0.2) is 21.0 Å². The molecule has 3 nitrogen and oxygen atoms in total. The van der Waals surface area contributed by atoms with Crippen LogP contribution in [0.15, 0.2) is 29.2 Å². The predicted molar refractivity (Wildman–Crippen MR) is 68.7 cm³/mol. The van der Waals surface area contributed by atoms with Crippen LogP contribution < -0.4 is 0 Å². The Hall–Kier alpha value is -1.16. The molecule has 1 aromatic rings. The zero-order valence-corrected chi connectivity index (χ0v) is 11.2. The Balaban J connectivity index is 2.86. The van der Waals surface area contributed by atoms with Crippen LogP contribution in [0.25, 0.3) is 0 Å². The van der Waals surface area contributed by atoms with E-state index in [0.29, 0.717) is 10.6 Å². The van der Waals surface area contributed by atoms with Gasteiger partial charge in [0.05, 0.1) is 21.3 Å². The quantitative estimate of drug-likeness (QED) is 0.898. The summed E-state index contributed by atoms with van der Waals surface area (Å²) in [4.78, 5) is 11.4. The molecule has 0 aliphatic heterocycles. The molecule has 0 amide bonds. The molecule has 1 unspecified atom stereocenters. The molecule has 0 spiro atoms. The molecular formula is C13H18O3S. The van der Waals surface area contributed by atoms with E-state index < -0.39 is 16.8 Å². The lowest BCUT2D eigenvalue weighted by atomic mass is 9.94. The van der Waals surface area contributed by atoms with Crippen LogP contribution in [0.2, 0.25) is 0 Å². The number of carboxylic acid groups (broad SMARTS) is 1. The van der Waals surface area contributed by atoms with Crippen molar-refractivity contribution in [3.05, 3.63) is 29.8 Å². The van der Waals surface area contributed by atoms with Gasteiger partial charge in [-0.3, -0.25) is 4.21 Å². The van der Waals surface area contributed by atoms with Crippen LogP contribution >= 0.6 is 0 Å². The second kappa shape index (κ2) is 5.45. The molecule has 0 aliphatic rings. The molecule has 0 heterocycles. The predicted octanol–water partition coefficient (Wildman–Crippen LogP) is 2.93. The average molecular weight is 254 g/mol. The van der Waals surface area contributed by atoms with Crippen LogP contribution in [-0.2, 0) is 10.8 Å². The molecule has 0 bridgehead atoms. The minimum absolute atomic E-state index is 0.105. The monoisotopic (exact) mass is 254 g/mol. The van der Waals surface area contributed by atoms with E-state index in [2.05, 4.69) is 20.8 Å².